The highest BCUT2D eigenvalue weighted by Gasteiger charge is 2.22. The number of methoxy groups -OCH3 is 2. The minimum absolute atomic E-state index is 0.0691. The van der Waals surface area contributed by atoms with Crippen LogP contribution >= 0.6 is 0 Å². The number of rotatable bonds is 8. The van der Waals surface area contributed by atoms with Gasteiger partial charge in [0.05, 0.1) is 25.3 Å². The lowest BCUT2D eigenvalue weighted by Crippen LogP contribution is -2.35. The first-order chi connectivity index (χ1) is 17.2. The number of likely N-dealkylation sites (tertiary alicyclic amines) is 1. The molecule has 0 saturated carbocycles. The second-order valence-corrected chi connectivity index (χ2v) is 9.12. The van der Waals surface area contributed by atoms with E-state index in [4.69, 9.17) is 9.47 Å². The lowest BCUT2D eigenvalue weighted by molar-refractivity contribution is 0.0952. The summed E-state index contributed by atoms with van der Waals surface area (Å²) in [5, 5.41) is 5.19. The van der Waals surface area contributed by atoms with Gasteiger partial charge >= 0.3 is 0 Å². The van der Waals surface area contributed by atoms with Crippen LogP contribution in [0.1, 0.15) is 41.1 Å². The van der Waals surface area contributed by atoms with Crippen LogP contribution in [0.15, 0.2) is 54.9 Å². The Morgan fingerprint density at radius 3 is 2.63 bits per heavy atom. The van der Waals surface area contributed by atoms with Crippen molar-refractivity contribution in [1.82, 2.24) is 20.2 Å². The molecule has 35 heavy (non-hydrogen) atoms. The Hall–Kier alpha value is -3.58. The Morgan fingerprint density at radius 1 is 1.06 bits per heavy atom. The summed E-state index contributed by atoms with van der Waals surface area (Å²) in [6.07, 6.45) is 7.07. The van der Waals surface area contributed by atoms with Crippen LogP contribution in [0.4, 0.5) is 0 Å². The summed E-state index contributed by atoms with van der Waals surface area (Å²) in [5.74, 6) is 2.10. The third-order valence-corrected chi connectivity index (χ3v) is 7.08. The van der Waals surface area contributed by atoms with E-state index in [0.29, 0.717) is 18.0 Å². The zero-order valence-corrected chi connectivity index (χ0v) is 20.3. The molecule has 1 saturated heterocycles. The number of amides is 1. The fraction of sp³-hybridized carbons (Fsp3) is 0.357. The number of nitrogens with zero attached hydrogens (tertiary/aromatic N) is 2. The molecule has 1 aliphatic heterocycles. The number of benzene rings is 2. The molecule has 0 radical (unpaired) electrons. The number of fused-ring (bicyclic) bond motifs is 2. The Morgan fingerprint density at radius 2 is 1.83 bits per heavy atom. The van der Waals surface area contributed by atoms with Crippen molar-refractivity contribution >= 4 is 27.7 Å². The van der Waals surface area contributed by atoms with Gasteiger partial charge in [-0.25, -0.2) is 0 Å². The van der Waals surface area contributed by atoms with Crippen molar-refractivity contribution in [2.45, 2.75) is 25.2 Å². The molecule has 5 rings (SSSR count). The standard InChI is InChI=1S/C28H32N4O3/c1-34-20-5-7-26-24(16-20)23(8-12-29-26)28(33)30-11-3-13-32-14-9-19(10-15-32)25-18-31-27-17-21(35-2)4-6-22(25)27/h4-8,12,16-19,31H,3,9-11,13-15H2,1-2H3,(H,30,33). The average molecular weight is 473 g/mol. The van der Waals surface area contributed by atoms with Gasteiger partial charge in [0.1, 0.15) is 11.5 Å². The number of aromatic amines is 1. The van der Waals surface area contributed by atoms with Gasteiger partial charge in [-0.2, -0.15) is 0 Å². The molecule has 2 N–H and O–H groups in total. The van der Waals surface area contributed by atoms with Crippen LogP contribution < -0.4 is 14.8 Å². The molecule has 1 fully saturated rings. The lowest BCUT2D eigenvalue weighted by atomic mass is 9.89. The molecule has 0 aliphatic carbocycles. The predicted molar refractivity (Wildman–Crippen MR) is 139 cm³/mol. The molecule has 0 atom stereocenters. The summed E-state index contributed by atoms with van der Waals surface area (Å²) in [5.41, 5.74) is 3.97. The Bertz CT molecular complexity index is 1320. The van der Waals surface area contributed by atoms with E-state index in [2.05, 4.69) is 38.5 Å². The summed E-state index contributed by atoms with van der Waals surface area (Å²) in [7, 11) is 3.32. The van der Waals surface area contributed by atoms with E-state index in [0.717, 1.165) is 66.8 Å². The number of nitrogens with one attached hydrogen (secondary N) is 2. The summed E-state index contributed by atoms with van der Waals surface area (Å²) >= 11 is 0. The maximum absolute atomic E-state index is 12.8. The Balaban J connectivity index is 1.10. The van der Waals surface area contributed by atoms with Gasteiger partial charge in [-0.3, -0.25) is 9.78 Å². The molecule has 182 valence electrons. The zero-order valence-electron chi connectivity index (χ0n) is 20.3. The molecule has 2 aromatic carbocycles. The van der Waals surface area contributed by atoms with Crippen molar-refractivity contribution in [3.63, 3.8) is 0 Å². The quantitative estimate of drug-likeness (QED) is 0.363. The number of H-pyrrole nitrogens is 1. The Labute approximate surface area is 205 Å². The maximum Gasteiger partial charge on any atom is 0.252 e. The topological polar surface area (TPSA) is 79.5 Å². The monoisotopic (exact) mass is 472 g/mol. The van der Waals surface area contributed by atoms with Crippen LogP contribution in [0, 0.1) is 0 Å². The molecule has 2 aromatic heterocycles. The molecular formula is C28H32N4O3. The van der Waals surface area contributed by atoms with E-state index in [-0.39, 0.29) is 5.91 Å². The van der Waals surface area contributed by atoms with Gasteiger partial charge in [0.25, 0.3) is 5.91 Å². The maximum atomic E-state index is 12.8. The predicted octanol–water partition coefficient (Wildman–Crippen LogP) is 4.73. The number of hydrogen-bond acceptors (Lipinski definition) is 5. The number of piperidine rings is 1. The van der Waals surface area contributed by atoms with Gasteiger partial charge in [0.15, 0.2) is 0 Å². The number of carbonyl (C=O) groups excluding carboxylic acids is 1. The van der Waals surface area contributed by atoms with Crippen LogP contribution in [0.25, 0.3) is 21.8 Å². The SMILES string of the molecule is COc1ccc2c(C3CCN(CCCNC(=O)c4ccnc5ccc(OC)cc45)CC3)c[nH]c2c1. The van der Waals surface area contributed by atoms with Crippen molar-refractivity contribution in [2.75, 3.05) is 40.4 Å². The highest BCUT2D eigenvalue weighted by molar-refractivity contribution is 6.06. The normalized spacial score (nSPS) is 14.9. The largest absolute Gasteiger partial charge is 0.497 e. The van der Waals surface area contributed by atoms with E-state index < -0.39 is 0 Å². The van der Waals surface area contributed by atoms with Gasteiger partial charge in [-0.05, 0) is 86.8 Å². The van der Waals surface area contributed by atoms with E-state index in [1.165, 1.54) is 10.9 Å². The number of pyridine rings is 1. The van der Waals surface area contributed by atoms with Gasteiger partial charge in [0.2, 0.25) is 0 Å². The summed E-state index contributed by atoms with van der Waals surface area (Å²) in [4.78, 5) is 23.1. The minimum atomic E-state index is -0.0691. The summed E-state index contributed by atoms with van der Waals surface area (Å²) < 4.78 is 10.7. The van der Waals surface area contributed by atoms with Crippen molar-refractivity contribution in [1.29, 1.82) is 0 Å². The smallest absolute Gasteiger partial charge is 0.252 e. The van der Waals surface area contributed by atoms with Gasteiger partial charge in [0, 0.05) is 41.3 Å². The number of hydrogen-bond donors (Lipinski definition) is 2. The second-order valence-electron chi connectivity index (χ2n) is 9.12. The van der Waals surface area contributed by atoms with Crippen LogP contribution in [0.3, 0.4) is 0 Å². The van der Waals surface area contributed by atoms with E-state index in [1.54, 1.807) is 26.5 Å². The van der Waals surface area contributed by atoms with E-state index in [9.17, 15) is 4.79 Å². The molecular weight excluding hydrogens is 440 g/mol. The summed E-state index contributed by atoms with van der Waals surface area (Å²) in [6, 6.07) is 13.6. The van der Waals surface area contributed by atoms with Crippen molar-refractivity contribution < 1.29 is 14.3 Å². The minimum Gasteiger partial charge on any atom is -0.497 e. The molecule has 1 aliphatic rings. The van der Waals surface area contributed by atoms with Crippen LogP contribution in [0.2, 0.25) is 0 Å². The molecule has 7 heteroatoms. The first-order valence-corrected chi connectivity index (χ1v) is 12.2. The van der Waals surface area contributed by atoms with Crippen molar-refractivity contribution in [3.8, 4) is 11.5 Å². The molecule has 1 amide bonds. The van der Waals surface area contributed by atoms with Gasteiger partial charge in [-0.15, -0.1) is 0 Å². The zero-order chi connectivity index (χ0) is 24.2. The Kier molecular flexibility index (Phi) is 6.86. The summed E-state index contributed by atoms with van der Waals surface area (Å²) in [6.45, 7) is 3.80. The molecule has 7 nitrogen and oxygen atoms in total. The van der Waals surface area contributed by atoms with Crippen molar-refractivity contribution in [2.24, 2.45) is 0 Å². The van der Waals surface area contributed by atoms with Crippen LogP contribution in [-0.4, -0.2) is 61.2 Å². The van der Waals surface area contributed by atoms with E-state index >= 15 is 0 Å². The number of ether oxygens (including phenoxy) is 2. The van der Waals surface area contributed by atoms with Gasteiger partial charge < -0.3 is 24.7 Å². The number of carbonyl (C=O) groups is 1. The fourth-order valence-corrected chi connectivity index (χ4v) is 5.11. The molecule has 0 unspecified atom stereocenters. The van der Waals surface area contributed by atoms with Crippen molar-refractivity contribution in [3.05, 3.63) is 66.0 Å². The third-order valence-electron chi connectivity index (χ3n) is 7.08. The first-order valence-electron chi connectivity index (χ1n) is 12.2. The fourth-order valence-electron chi connectivity index (χ4n) is 5.11. The molecule has 4 aromatic rings. The molecule has 0 spiro atoms. The second kappa shape index (κ2) is 10.4. The molecule has 3 heterocycles. The molecule has 0 bridgehead atoms. The van der Waals surface area contributed by atoms with Crippen LogP contribution in [0.5, 0.6) is 11.5 Å². The lowest BCUT2D eigenvalue weighted by Gasteiger charge is -2.32. The van der Waals surface area contributed by atoms with Crippen LogP contribution in [-0.2, 0) is 0 Å². The van der Waals surface area contributed by atoms with Gasteiger partial charge in [-0.1, -0.05) is 0 Å². The highest BCUT2D eigenvalue weighted by atomic mass is 16.5. The van der Waals surface area contributed by atoms with E-state index in [1.807, 2.05) is 24.3 Å². The first kappa shape index (κ1) is 23.2. The highest BCUT2D eigenvalue weighted by Crippen LogP contribution is 2.34. The third kappa shape index (κ3) is 4.95. The number of aromatic nitrogens is 2. The average Bonchev–Trinajstić information content (AvgIpc) is 3.33.